The van der Waals surface area contributed by atoms with Crippen LogP contribution in [0.15, 0.2) is 82.8 Å². The molecule has 2 unspecified atom stereocenters. The van der Waals surface area contributed by atoms with E-state index >= 15 is 0 Å². The Hall–Kier alpha value is -1.36. The largest absolute Gasteiger partial charge is 0.390 e. The van der Waals surface area contributed by atoms with E-state index in [1.54, 1.807) is 0 Å². The number of nitrogens with two attached hydrogens (primary N) is 2. The molecule has 2 aromatic carbocycles. The maximum absolute atomic E-state index is 11.8. The van der Waals surface area contributed by atoms with E-state index in [0.29, 0.717) is 39.3 Å². The van der Waals surface area contributed by atoms with Gasteiger partial charge in [0.15, 0.2) is 0 Å². The van der Waals surface area contributed by atoms with Gasteiger partial charge in [0.25, 0.3) is 0 Å². The van der Waals surface area contributed by atoms with Crippen LogP contribution in [0.2, 0.25) is 0 Å². The van der Waals surface area contributed by atoms with Crippen molar-refractivity contribution >= 4 is 31.9 Å². The predicted octanol–water partition coefficient (Wildman–Crippen LogP) is 3.18. The summed E-state index contributed by atoms with van der Waals surface area (Å²) in [6.45, 7) is 11.3. The van der Waals surface area contributed by atoms with Gasteiger partial charge in [-0.25, -0.2) is 0 Å². The molecule has 0 bridgehead atoms. The molecule has 0 aromatic heterocycles. The van der Waals surface area contributed by atoms with E-state index in [9.17, 15) is 10.2 Å². The zero-order valence-corrected chi connectivity index (χ0v) is 23.6. The van der Waals surface area contributed by atoms with E-state index in [2.05, 4.69) is 54.8 Å². The summed E-state index contributed by atoms with van der Waals surface area (Å²) in [5.41, 5.74) is 14.3. The summed E-state index contributed by atoms with van der Waals surface area (Å²) in [5, 5.41) is 23.6. The third-order valence-corrected chi connectivity index (χ3v) is 8.86. The van der Waals surface area contributed by atoms with Crippen LogP contribution in [0, 0.1) is 11.8 Å². The van der Waals surface area contributed by atoms with Crippen LogP contribution in [0.5, 0.6) is 0 Å². The Morgan fingerprint density at radius 3 is 1.56 bits per heavy atom. The summed E-state index contributed by atoms with van der Waals surface area (Å²) in [6, 6.07) is 15.8. The molecule has 2 fully saturated rings. The monoisotopic (exact) mass is 618 g/mol. The van der Waals surface area contributed by atoms with Crippen molar-refractivity contribution in [3.8, 4) is 0 Å². The molecule has 6 N–H and O–H groups in total. The van der Waals surface area contributed by atoms with E-state index in [1.165, 1.54) is 0 Å². The lowest BCUT2D eigenvalue weighted by atomic mass is 9.71. The summed E-state index contributed by atoms with van der Waals surface area (Å²) >= 11 is 7.11. The second-order valence-corrected chi connectivity index (χ2v) is 12.1. The number of likely N-dealkylation sites (tertiary alicyclic amines) is 2. The smallest absolute Gasteiger partial charge is 0.0864 e. The van der Waals surface area contributed by atoms with Crippen LogP contribution in [-0.4, -0.2) is 71.5 Å². The second kappa shape index (κ2) is 11.2. The van der Waals surface area contributed by atoms with Crippen LogP contribution < -0.4 is 11.5 Å². The van der Waals surface area contributed by atoms with Crippen molar-refractivity contribution in [2.24, 2.45) is 23.3 Å². The average molecular weight is 620 g/mol. The molecule has 0 amide bonds. The van der Waals surface area contributed by atoms with E-state index in [0.717, 1.165) is 20.1 Å². The van der Waals surface area contributed by atoms with Gasteiger partial charge in [0.1, 0.15) is 0 Å². The van der Waals surface area contributed by atoms with Crippen LogP contribution in [-0.2, 0) is 11.1 Å². The van der Waals surface area contributed by atoms with Crippen LogP contribution in [0.25, 0.3) is 0 Å². The number of aliphatic hydroxyl groups is 2. The second-order valence-electron chi connectivity index (χ2n) is 10.3. The lowest BCUT2D eigenvalue weighted by Gasteiger charge is -2.41. The molecule has 2 aromatic rings. The molecule has 194 valence electrons. The highest BCUT2D eigenvalue weighted by molar-refractivity contribution is 9.10. The molecular formula is C28H36Br2N4O2. The van der Waals surface area contributed by atoms with Gasteiger partial charge >= 0.3 is 0 Å². The Morgan fingerprint density at radius 1 is 0.833 bits per heavy atom. The number of hydrogen-bond donors (Lipinski definition) is 4. The van der Waals surface area contributed by atoms with Gasteiger partial charge in [-0.3, -0.25) is 9.80 Å². The van der Waals surface area contributed by atoms with Crippen molar-refractivity contribution in [1.82, 2.24) is 9.80 Å². The highest BCUT2D eigenvalue weighted by atomic mass is 79.9. The highest BCUT2D eigenvalue weighted by Crippen LogP contribution is 2.43. The van der Waals surface area contributed by atoms with Crippen LogP contribution in [0.1, 0.15) is 11.1 Å². The van der Waals surface area contributed by atoms with Crippen molar-refractivity contribution < 1.29 is 10.2 Å². The molecule has 8 heteroatoms. The van der Waals surface area contributed by atoms with Gasteiger partial charge in [0, 0.05) is 60.0 Å². The summed E-state index contributed by atoms with van der Waals surface area (Å²) in [7, 11) is 0. The van der Waals surface area contributed by atoms with E-state index in [-0.39, 0.29) is 0 Å². The zero-order valence-electron chi connectivity index (χ0n) is 20.4. The summed E-state index contributed by atoms with van der Waals surface area (Å²) in [5.74, 6) is -0.802. The number of benzene rings is 2. The van der Waals surface area contributed by atoms with Crippen molar-refractivity contribution in [3.05, 3.63) is 93.9 Å². The average Bonchev–Trinajstić information content (AvgIpc) is 3.36. The third kappa shape index (κ3) is 5.28. The number of aliphatic hydroxyl groups excluding tert-OH is 2. The van der Waals surface area contributed by atoms with Crippen molar-refractivity contribution in [1.29, 1.82) is 0 Å². The minimum absolute atomic E-state index is 0.401. The number of rotatable bonds is 9. The molecule has 2 aliphatic heterocycles. The first-order valence-electron chi connectivity index (χ1n) is 12.2. The van der Waals surface area contributed by atoms with Crippen molar-refractivity contribution in [2.45, 2.75) is 23.3 Å². The summed E-state index contributed by atoms with van der Waals surface area (Å²) in [4.78, 5) is 4.36. The lowest BCUT2D eigenvalue weighted by molar-refractivity contribution is -0.0668. The summed E-state index contributed by atoms with van der Waals surface area (Å²) in [6.07, 6.45) is 1.53. The number of hydrogen-bond acceptors (Lipinski definition) is 6. The predicted molar refractivity (Wildman–Crippen MR) is 152 cm³/mol. The molecule has 0 aliphatic carbocycles. The fourth-order valence-corrected chi connectivity index (χ4v) is 6.90. The Labute approximate surface area is 230 Å². The lowest BCUT2D eigenvalue weighted by Crippen LogP contribution is -2.57. The van der Waals surface area contributed by atoms with Gasteiger partial charge in [-0.1, -0.05) is 68.3 Å². The minimum atomic E-state index is -1.08. The van der Waals surface area contributed by atoms with Crippen LogP contribution >= 0.6 is 31.9 Å². The molecule has 6 nitrogen and oxygen atoms in total. The Kier molecular flexibility index (Phi) is 8.59. The first kappa shape index (κ1) is 27.7. The van der Waals surface area contributed by atoms with Crippen molar-refractivity contribution in [2.75, 3.05) is 39.3 Å². The molecule has 4 rings (SSSR count). The van der Waals surface area contributed by atoms with Gasteiger partial charge in [0.2, 0.25) is 0 Å². The quantitative estimate of drug-likeness (QED) is 0.322. The molecule has 36 heavy (non-hydrogen) atoms. The molecule has 0 saturated carbocycles. The first-order chi connectivity index (χ1) is 17.1. The van der Waals surface area contributed by atoms with E-state index in [4.69, 9.17) is 11.5 Å². The topological polar surface area (TPSA) is 99.0 Å². The van der Waals surface area contributed by atoms with Gasteiger partial charge in [-0.2, -0.15) is 0 Å². The maximum atomic E-state index is 11.8. The molecule has 0 spiro atoms. The van der Waals surface area contributed by atoms with Crippen LogP contribution in [0.4, 0.5) is 0 Å². The fourth-order valence-electron chi connectivity index (χ4n) is 6.10. The van der Waals surface area contributed by atoms with Crippen molar-refractivity contribution in [3.63, 3.8) is 0 Å². The molecule has 2 saturated heterocycles. The minimum Gasteiger partial charge on any atom is -0.390 e. The Balaban J connectivity index is 1.69. The standard InChI is InChI=1S/C28H36Br2N4O2/c1-3-11-33-15-23(27(31,17-33)19-7-5-9-21(29)13-19)25(35)26(36)24-16-34(12-4-2)18-28(24,32)20-8-6-10-22(30)14-20/h3-10,13-14,23-26,35-36H,1-2,11-12,15-18,31-32H2/t23-,24-,25?,26?,27+,28+/m0/s1. The zero-order chi connectivity index (χ0) is 26.1. The van der Waals surface area contributed by atoms with Gasteiger partial charge < -0.3 is 21.7 Å². The third-order valence-electron chi connectivity index (χ3n) is 7.88. The molecule has 6 atom stereocenters. The molecule has 2 aliphatic rings. The molecular weight excluding hydrogens is 584 g/mol. The first-order valence-corrected chi connectivity index (χ1v) is 13.8. The van der Waals surface area contributed by atoms with Crippen LogP contribution in [0.3, 0.4) is 0 Å². The van der Waals surface area contributed by atoms with Gasteiger partial charge in [0.05, 0.1) is 23.3 Å². The van der Waals surface area contributed by atoms with E-state index in [1.807, 2.05) is 60.7 Å². The Morgan fingerprint density at radius 2 is 1.22 bits per heavy atom. The van der Waals surface area contributed by atoms with Gasteiger partial charge in [-0.15, -0.1) is 13.2 Å². The molecule has 2 heterocycles. The Bertz CT molecular complexity index is 1020. The SMILES string of the molecule is C=CCN1C[C@@H](C(O)C(O)[C@@H]2CN(CC=C)C[C@@]2(N)c2cccc(Br)c2)[C@](N)(c2cccc(Br)c2)C1. The number of nitrogens with zero attached hydrogens (tertiary/aromatic N) is 2. The highest BCUT2D eigenvalue weighted by Gasteiger charge is 2.55. The normalized spacial score (nSPS) is 30.8. The summed E-state index contributed by atoms with van der Waals surface area (Å²) < 4.78 is 1.85. The van der Waals surface area contributed by atoms with E-state index < -0.39 is 35.1 Å². The van der Waals surface area contributed by atoms with Gasteiger partial charge in [-0.05, 0) is 35.4 Å². The fraction of sp³-hybridized carbons (Fsp3) is 0.429. The molecule has 0 radical (unpaired) electrons. The number of halogens is 2. The maximum Gasteiger partial charge on any atom is 0.0864 e.